The maximum atomic E-state index is 12.7. The van der Waals surface area contributed by atoms with E-state index in [2.05, 4.69) is 41.3 Å². The van der Waals surface area contributed by atoms with E-state index >= 15 is 0 Å². The van der Waals surface area contributed by atoms with Crippen LogP contribution in [-0.4, -0.2) is 21.1 Å². The summed E-state index contributed by atoms with van der Waals surface area (Å²) < 4.78 is 0. The van der Waals surface area contributed by atoms with Crippen LogP contribution in [0.4, 0.5) is 0 Å². The van der Waals surface area contributed by atoms with Gasteiger partial charge in [0.05, 0.1) is 11.7 Å². The standard InChI is InChI=1S/C19H22N4OS/c1-19(2,3)10-17(13-5-4-7-20-11-13)21-18(24)16-9-15(22-23-16)14-6-8-25-12-14/h4-9,11-12,17H,10H2,1-3H3,(H,21,24)(H,22,23)/t17-/m0/s1. The summed E-state index contributed by atoms with van der Waals surface area (Å²) in [7, 11) is 0. The Morgan fingerprint density at radius 1 is 1.36 bits per heavy atom. The minimum Gasteiger partial charge on any atom is -0.344 e. The number of hydrogen-bond acceptors (Lipinski definition) is 4. The molecule has 5 nitrogen and oxygen atoms in total. The second kappa shape index (κ2) is 7.19. The molecule has 6 heteroatoms. The highest BCUT2D eigenvalue weighted by Gasteiger charge is 2.23. The zero-order chi connectivity index (χ0) is 17.9. The van der Waals surface area contributed by atoms with Crippen molar-refractivity contribution in [1.29, 1.82) is 0 Å². The third kappa shape index (κ3) is 4.54. The Morgan fingerprint density at radius 3 is 2.84 bits per heavy atom. The molecular formula is C19H22N4OS. The van der Waals surface area contributed by atoms with E-state index in [-0.39, 0.29) is 17.4 Å². The van der Waals surface area contributed by atoms with Gasteiger partial charge in [0.15, 0.2) is 0 Å². The van der Waals surface area contributed by atoms with Crippen LogP contribution in [0.1, 0.15) is 49.3 Å². The number of thiophene rings is 1. The summed E-state index contributed by atoms with van der Waals surface area (Å²) in [6.07, 6.45) is 4.36. The Bertz CT molecular complexity index is 819. The molecule has 2 N–H and O–H groups in total. The summed E-state index contributed by atoms with van der Waals surface area (Å²) in [5, 5.41) is 14.2. The van der Waals surface area contributed by atoms with Crippen molar-refractivity contribution in [2.75, 3.05) is 0 Å². The Morgan fingerprint density at radius 2 is 2.20 bits per heavy atom. The van der Waals surface area contributed by atoms with Crippen LogP contribution >= 0.6 is 11.3 Å². The summed E-state index contributed by atoms with van der Waals surface area (Å²) in [6.45, 7) is 6.48. The Kier molecular flexibility index (Phi) is 4.99. The first-order valence-electron chi connectivity index (χ1n) is 8.21. The molecule has 0 radical (unpaired) electrons. The molecule has 0 aliphatic heterocycles. The van der Waals surface area contributed by atoms with Crippen LogP contribution in [0.15, 0.2) is 47.4 Å². The summed E-state index contributed by atoms with van der Waals surface area (Å²) in [4.78, 5) is 16.9. The first-order chi connectivity index (χ1) is 11.9. The van der Waals surface area contributed by atoms with E-state index in [4.69, 9.17) is 0 Å². The average Bonchev–Trinajstić information content (AvgIpc) is 3.25. The van der Waals surface area contributed by atoms with Gasteiger partial charge < -0.3 is 5.32 Å². The molecule has 0 bridgehead atoms. The third-order valence-electron chi connectivity index (χ3n) is 3.85. The lowest BCUT2D eigenvalue weighted by Gasteiger charge is -2.26. The second-order valence-electron chi connectivity index (χ2n) is 7.26. The third-order valence-corrected chi connectivity index (χ3v) is 4.53. The predicted octanol–water partition coefficient (Wildman–Crippen LogP) is 4.44. The van der Waals surface area contributed by atoms with E-state index in [9.17, 15) is 4.79 Å². The van der Waals surface area contributed by atoms with Gasteiger partial charge in [0.25, 0.3) is 5.91 Å². The summed E-state index contributed by atoms with van der Waals surface area (Å²) >= 11 is 1.60. The number of amides is 1. The highest BCUT2D eigenvalue weighted by atomic mass is 32.1. The molecule has 3 rings (SSSR count). The molecule has 0 aromatic carbocycles. The van der Waals surface area contributed by atoms with Gasteiger partial charge in [0.2, 0.25) is 0 Å². The molecule has 130 valence electrons. The van der Waals surface area contributed by atoms with E-state index in [1.165, 1.54) is 0 Å². The lowest BCUT2D eigenvalue weighted by molar-refractivity contribution is 0.0921. The van der Waals surface area contributed by atoms with Crippen molar-refractivity contribution in [3.8, 4) is 11.3 Å². The van der Waals surface area contributed by atoms with Crippen LogP contribution in [0.2, 0.25) is 0 Å². The molecule has 3 aromatic rings. The maximum Gasteiger partial charge on any atom is 0.269 e. The van der Waals surface area contributed by atoms with E-state index in [1.807, 2.05) is 29.0 Å². The van der Waals surface area contributed by atoms with E-state index in [0.717, 1.165) is 23.2 Å². The zero-order valence-electron chi connectivity index (χ0n) is 14.6. The average molecular weight is 354 g/mol. The highest BCUT2D eigenvalue weighted by Crippen LogP contribution is 2.29. The van der Waals surface area contributed by atoms with Gasteiger partial charge in [-0.3, -0.25) is 14.9 Å². The number of aromatic nitrogens is 3. The fourth-order valence-corrected chi connectivity index (χ4v) is 3.33. The molecule has 0 saturated carbocycles. The summed E-state index contributed by atoms with van der Waals surface area (Å²) in [5.41, 5.74) is 3.33. The van der Waals surface area contributed by atoms with Gasteiger partial charge in [0, 0.05) is 23.3 Å². The van der Waals surface area contributed by atoms with Gasteiger partial charge in [-0.25, -0.2) is 0 Å². The molecule has 0 unspecified atom stereocenters. The largest absolute Gasteiger partial charge is 0.344 e. The molecule has 3 heterocycles. The molecule has 25 heavy (non-hydrogen) atoms. The van der Waals surface area contributed by atoms with E-state index < -0.39 is 0 Å². The predicted molar refractivity (Wildman–Crippen MR) is 100 cm³/mol. The Balaban J connectivity index is 1.78. The molecule has 1 amide bonds. The van der Waals surface area contributed by atoms with Crippen LogP contribution in [0.5, 0.6) is 0 Å². The molecule has 0 fully saturated rings. The van der Waals surface area contributed by atoms with Crippen LogP contribution < -0.4 is 5.32 Å². The van der Waals surface area contributed by atoms with Gasteiger partial charge in [-0.1, -0.05) is 26.8 Å². The minimum atomic E-state index is -0.160. The van der Waals surface area contributed by atoms with Crippen molar-refractivity contribution in [2.24, 2.45) is 5.41 Å². The van der Waals surface area contributed by atoms with Crippen LogP contribution in [0.3, 0.4) is 0 Å². The normalized spacial score (nSPS) is 12.8. The molecule has 3 aromatic heterocycles. The number of nitrogens with one attached hydrogen (secondary N) is 2. The second-order valence-corrected chi connectivity index (χ2v) is 8.04. The van der Waals surface area contributed by atoms with Crippen molar-refractivity contribution in [3.63, 3.8) is 0 Å². The Hall–Kier alpha value is -2.47. The Labute approximate surface area is 151 Å². The number of nitrogens with zero attached hydrogens (tertiary/aromatic N) is 2. The minimum absolute atomic E-state index is 0.0730. The van der Waals surface area contributed by atoms with Gasteiger partial charge in [-0.05, 0) is 41.0 Å². The van der Waals surface area contributed by atoms with E-state index in [0.29, 0.717) is 5.69 Å². The first kappa shape index (κ1) is 17.4. The van der Waals surface area contributed by atoms with Crippen molar-refractivity contribution >= 4 is 17.2 Å². The van der Waals surface area contributed by atoms with Gasteiger partial charge in [-0.2, -0.15) is 16.4 Å². The molecular weight excluding hydrogens is 332 g/mol. The topological polar surface area (TPSA) is 70.7 Å². The number of pyridine rings is 1. The molecule has 1 atom stereocenters. The number of hydrogen-bond donors (Lipinski definition) is 2. The van der Waals surface area contributed by atoms with Gasteiger partial charge >= 0.3 is 0 Å². The number of carbonyl (C=O) groups excluding carboxylic acids is 1. The van der Waals surface area contributed by atoms with Crippen LogP contribution in [-0.2, 0) is 0 Å². The summed E-state index contributed by atoms with van der Waals surface area (Å²) in [6, 6.07) is 7.55. The molecule has 0 aliphatic carbocycles. The smallest absolute Gasteiger partial charge is 0.269 e. The zero-order valence-corrected chi connectivity index (χ0v) is 15.4. The monoisotopic (exact) mass is 354 g/mol. The SMILES string of the molecule is CC(C)(C)C[C@H](NC(=O)c1cc(-c2ccsc2)n[nH]1)c1cccnc1. The molecule has 0 saturated heterocycles. The van der Waals surface area contributed by atoms with Crippen molar-refractivity contribution in [3.05, 3.63) is 58.7 Å². The number of rotatable bonds is 5. The highest BCUT2D eigenvalue weighted by molar-refractivity contribution is 7.08. The van der Waals surface area contributed by atoms with Gasteiger partial charge in [0.1, 0.15) is 5.69 Å². The van der Waals surface area contributed by atoms with E-state index in [1.54, 1.807) is 29.8 Å². The van der Waals surface area contributed by atoms with Crippen molar-refractivity contribution < 1.29 is 4.79 Å². The van der Waals surface area contributed by atoms with Crippen molar-refractivity contribution in [1.82, 2.24) is 20.5 Å². The first-order valence-corrected chi connectivity index (χ1v) is 9.15. The van der Waals surface area contributed by atoms with Crippen molar-refractivity contribution in [2.45, 2.75) is 33.2 Å². The number of H-pyrrole nitrogens is 1. The van der Waals surface area contributed by atoms with Crippen LogP contribution in [0, 0.1) is 5.41 Å². The molecule has 0 aliphatic rings. The van der Waals surface area contributed by atoms with Crippen LogP contribution in [0.25, 0.3) is 11.3 Å². The summed E-state index contributed by atoms with van der Waals surface area (Å²) in [5.74, 6) is -0.160. The maximum absolute atomic E-state index is 12.7. The lowest BCUT2D eigenvalue weighted by Crippen LogP contribution is -2.31. The molecule has 0 spiro atoms. The quantitative estimate of drug-likeness (QED) is 0.711. The number of carbonyl (C=O) groups is 1. The fraction of sp³-hybridized carbons (Fsp3) is 0.316. The lowest BCUT2D eigenvalue weighted by atomic mass is 9.86. The van der Waals surface area contributed by atoms with Gasteiger partial charge in [-0.15, -0.1) is 0 Å². The number of aromatic amines is 1. The fourth-order valence-electron chi connectivity index (χ4n) is 2.68.